The predicted molar refractivity (Wildman–Crippen MR) is 79.9 cm³/mol. The van der Waals surface area contributed by atoms with Gasteiger partial charge < -0.3 is 11.1 Å². The molecule has 1 saturated carbocycles. The highest BCUT2D eigenvalue weighted by molar-refractivity contribution is 9.10. The first-order valence-electron chi connectivity index (χ1n) is 6.77. The van der Waals surface area contributed by atoms with E-state index in [2.05, 4.69) is 26.2 Å². The smallest absolute Gasteiger partial charge is 0.229 e. The third-order valence-electron chi connectivity index (χ3n) is 3.72. The maximum absolute atomic E-state index is 12.3. The zero-order chi connectivity index (χ0) is 13.8. The van der Waals surface area contributed by atoms with Gasteiger partial charge in [0.05, 0.1) is 17.3 Å². The average Bonchev–Trinajstić information content (AvgIpc) is 2.57. The number of pyridine rings is 1. The van der Waals surface area contributed by atoms with Crippen molar-refractivity contribution in [3.63, 3.8) is 0 Å². The highest BCUT2D eigenvalue weighted by Gasteiger charge is 2.27. The van der Waals surface area contributed by atoms with Crippen LogP contribution in [0.15, 0.2) is 16.7 Å². The minimum Gasteiger partial charge on any atom is -0.327 e. The zero-order valence-corrected chi connectivity index (χ0v) is 12.7. The summed E-state index contributed by atoms with van der Waals surface area (Å²) < 4.78 is 0.772. The number of hydrogen-bond acceptors (Lipinski definition) is 3. The Morgan fingerprint density at radius 1 is 1.37 bits per heavy atom. The van der Waals surface area contributed by atoms with E-state index in [1.165, 1.54) is 6.42 Å². The van der Waals surface area contributed by atoms with Crippen LogP contribution in [0.3, 0.4) is 0 Å². The first-order valence-corrected chi connectivity index (χ1v) is 7.57. The maximum Gasteiger partial charge on any atom is 0.229 e. The van der Waals surface area contributed by atoms with Gasteiger partial charge >= 0.3 is 0 Å². The van der Waals surface area contributed by atoms with E-state index >= 15 is 0 Å². The Morgan fingerprint density at radius 3 is 2.84 bits per heavy atom. The van der Waals surface area contributed by atoms with Gasteiger partial charge in [-0.2, -0.15) is 0 Å². The second-order valence-electron chi connectivity index (χ2n) is 5.16. The second kappa shape index (κ2) is 6.48. The molecule has 0 saturated heterocycles. The molecule has 1 aliphatic rings. The van der Waals surface area contributed by atoms with Crippen LogP contribution in [0.1, 0.15) is 37.8 Å². The lowest BCUT2D eigenvalue weighted by atomic mass is 9.94. The molecule has 1 amide bonds. The van der Waals surface area contributed by atoms with E-state index in [0.29, 0.717) is 0 Å². The summed E-state index contributed by atoms with van der Waals surface area (Å²) in [6.07, 6.45) is 5.22. The summed E-state index contributed by atoms with van der Waals surface area (Å²) in [5.41, 5.74) is 7.69. The molecule has 4 nitrogen and oxygen atoms in total. The molecule has 3 N–H and O–H groups in total. The zero-order valence-electron chi connectivity index (χ0n) is 11.2. The van der Waals surface area contributed by atoms with Crippen LogP contribution in [0.5, 0.6) is 0 Å². The van der Waals surface area contributed by atoms with Crippen molar-refractivity contribution in [3.05, 3.63) is 22.4 Å². The van der Waals surface area contributed by atoms with Crippen LogP contribution in [-0.4, -0.2) is 16.9 Å². The van der Waals surface area contributed by atoms with E-state index < -0.39 is 0 Å². The predicted octanol–water partition coefficient (Wildman–Crippen LogP) is 3.00. The van der Waals surface area contributed by atoms with Gasteiger partial charge in [-0.15, -0.1) is 0 Å². The Morgan fingerprint density at radius 2 is 2.11 bits per heavy atom. The minimum absolute atomic E-state index is 0.0220. The Bertz CT molecular complexity index is 464. The number of hydrogen-bond donors (Lipinski definition) is 2. The number of nitrogens with one attached hydrogen (secondary N) is 1. The number of halogens is 1. The van der Waals surface area contributed by atoms with Crippen LogP contribution in [-0.2, 0) is 4.79 Å². The van der Waals surface area contributed by atoms with Crippen LogP contribution in [0.25, 0.3) is 0 Å². The molecule has 19 heavy (non-hydrogen) atoms. The molecular weight excluding hydrogens is 306 g/mol. The van der Waals surface area contributed by atoms with Crippen molar-refractivity contribution in [2.75, 3.05) is 5.32 Å². The molecule has 5 heteroatoms. The standard InChI is InChI=1S/C14H20BrN3O/c1-9-12(7-8-13(15)17-9)18-14(19)10-5-3-2-4-6-11(10)16/h7-8,10-11H,2-6,16H2,1H3,(H,18,19). The normalized spacial score (nSPS) is 23.7. The molecule has 0 aromatic carbocycles. The lowest BCUT2D eigenvalue weighted by Crippen LogP contribution is -2.37. The molecule has 1 aromatic rings. The number of carbonyl (C=O) groups is 1. The van der Waals surface area contributed by atoms with Gasteiger partial charge in [-0.25, -0.2) is 4.98 Å². The van der Waals surface area contributed by atoms with Gasteiger partial charge in [-0.05, 0) is 47.8 Å². The van der Waals surface area contributed by atoms with Crippen molar-refractivity contribution in [3.8, 4) is 0 Å². The topological polar surface area (TPSA) is 68.0 Å². The lowest BCUT2D eigenvalue weighted by Gasteiger charge is -2.21. The summed E-state index contributed by atoms with van der Waals surface area (Å²) in [5.74, 6) is -0.0489. The molecule has 1 aliphatic carbocycles. The first-order chi connectivity index (χ1) is 9.08. The number of aryl methyl sites for hydroxylation is 1. The Kier molecular flexibility index (Phi) is 4.93. The van der Waals surface area contributed by atoms with E-state index in [4.69, 9.17) is 5.73 Å². The highest BCUT2D eigenvalue weighted by Crippen LogP contribution is 2.24. The number of nitrogens with zero attached hydrogens (tertiary/aromatic N) is 1. The quantitative estimate of drug-likeness (QED) is 0.648. The van der Waals surface area contributed by atoms with Gasteiger partial charge in [0.2, 0.25) is 5.91 Å². The van der Waals surface area contributed by atoms with E-state index in [1.807, 2.05) is 19.1 Å². The van der Waals surface area contributed by atoms with Gasteiger partial charge in [0, 0.05) is 6.04 Å². The fourth-order valence-corrected chi connectivity index (χ4v) is 2.95. The van der Waals surface area contributed by atoms with Gasteiger partial charge in [0.15, 0.2) is 0 Å². The molecule has 0 radical (unpaired) electrons. The van der Waals surface area contributed by atoms with Crippen LogP contribution in [0, 0.1) is 12.8 Å². The molecular formula is C14H20BrN3O. The van der Waals surface area contributed by atoms with Crippen molar-refractivity contribution in [1.82, 2.24) is 4.98 Å². The first kappa shape index (κ1) is 14.5. The molecule has 2 atom stereocenters. The molecule has 1 aromatic heterocycles. The van der Waals surface area contributed by atoms with Crippen LogP contribution < -0.4 is 11.1 Å². The monoisotopic (exact) mass is 325 g/mol. The van der Waals surface area contributed by atoms with Crippen molar-refractivity contribution >= 4 is 27.5 Å². The van der Waals surface area contributed by atoms with Crippen molar-refractivity contribution in [1.29, 1.82) is 0 Å². The summed E-state index contributed by atoms with van der Waals surface area (Å²) >= 11 is 3.32. The average molecular weight is 326 g/mol. The largest absolute Gasteiger partial charge is 0.327 e. The molecule has 0 spiro atoms. The third-order valence-corrected chi connectivity index (χ3v) is 4.16. The number of carbonyl (C=O) groups excluding carboxylic acids is 1. The SMILES string of the molecule is Cc1nc(Br)ccc1NC(=O)C1CCCCCC1N. The van der Waals surface area contributed by atoms with E-state index in [1.54, 1.807) is 0 Å². The van der Waals surface area contributed by atoms with E-state index in [-0.39, 0.29) is 17.9 Å². The Hall–Kier alpha value is -0.940. The minimum atomic E-state index is -0.0782. The number of amides is 1. The third kappa shape index (κ3) is 3.76. The molecule has 0 aliphatic heterocycles. The van der Waals surface area contributed by atoms with Gasteiger partial charge in [-0.1, -0.05) is 19.3 Å². The maximum atomic E-state index is 12.3. The van der Waals surface area contributed by atoms with Gasteiger partial charge in [-0.3, -0.25) is 4.79 Å². The number of rotatable bonds is 2. The molecule has 0 bridgehead atoms. The van der Waals surface area contributed by atoms with Gasteiger partial charge in [0.25, 0.3) is 0 Å². The lowest BCUT2D eigenvalue weighted by molar-refractivity contribution is -0.120. The summed E-state index contributed by atoms with van der Waals surface area (Å²) in [7, 11) is 0. The summed E-state index contributed by atoms with van der Waals surface area (Å²) in [4.78, 5) is 16.6. The van der Waals surface area contributed by atoms with E-state index in [9.17, 15) is 4.79 Å². The number of anilines is 1. The van der Waals surface area contributed by atoms with E-state index in [0.717, 1.165) is 41.7 Å². The molecule has 1 fully saturated rings. The van der Waals surface area contributed by atoms with Crippen molar-refractivity contribution in [2.45, 2.75) is 45.1 Å². The Balaban J connectivity index is 2.07. The van der Waals surface area contributed by atoms with Crippen molar-refractivity contribution in [2.24, 2.45) is 11.7 Å². The summed E-state index contributed by atoms with van der Waals surface area (Å²) in [6.45, 7) is 1.88. The highest BCUT2D eigenvalue weighted by atomic mass is 79.9. The second-order valence-corrected chi connectivity index (χ2v) is 5.98. The van der Waals surface area contributed by atoms with Crippen LogP contribution >= 0.6 is 15.9 Å². The fraction of sp³-hybridized carbons (Fsp3) is 0.571. The molecule has 2 unspecified atom stereocenters. The van der Waals surface area contributed by atoms with Gasteiger partial charge in [0.1, 0.15) is 4.60 Å². The molecule has 2 rings (SSSR count). The number of aromatic nitrogens is 1. The van der Waals surface area contributed by atoms with Crippen LogP contribution in [0.2, 0.25) is 0 Å². The molecule has 1 heterocycles. The molecule has 104 valence electrons. The van der Waals surface area contributed by atoms with Crippen molar-refractivity contribution < 1.29 is 4.79 Å². The summed E-state index contributed by atoms with van der Waals surface area (Å²) in [5, 5.41) is 2.96. The fourth-order valence-electron chi connectivity index (χ4n) is 2.55. The Labute approximate surface area is 122 Å². The van der Waals surface area contributed by atoms with Crippen LogP contribution in [0.4, 0.5) is 5.69 Å². The number of nitrogens with two attached hydrogens (primary N) is 1. The summed E-state index contributed by atoms with van der Waals surface area (Å²) in [6, 6.07) is 3.67.